The molecular formula is C16H26N2O. The quantitative estimate of drug-likeness (QED) is 0.857. The Morgan fingerprint density at radius 2 is 1.95 bits per heavy atom. The van der Waals surface area contributed by atoms with Crippen molar-refractivity contribution in [2.24, 2.45) is 11.7 Å². The second kappa shape index (κ2) is 7.61. The van der Waals surface area contributed by atoms with Gasteiger partial charge in [-0.15, -0.1) is 0 Å². The van der Waals surface area contributed by atoms with E-state index in [1.165, 1.54) is 37.7 Å². The standard InChI is InChI=1S/C16H26N2O/c1-2-19-16(14-6-4-3-5-7-14)15(17)12-13-8-10-18-11-9-13/h8-11,14-16H,2-7,12,17H2,1H3. The first-order chi connectivity index (χ1) is 9.31. The lowest BCUT2D eigenvalue weighted by Crippen LogP contribution is -2.44. The molecule has 0 spiro atoms. The zero-order valence-electron chi connectivity index (χ0n) is 11.9. The average Bonchev–Trinajstić information content (AvgIpc) is 2.46. The van der Waals surface area contributed by atoms with Gasteiger partial charge >= 0.3 is 0 Å². The molecule has 0 bridgehead atoms. The van der Waals surface area contributed by atoms with Crippen molar-refractivity contribution in [3.8, 4) is 0 Å². The number of ether oxygens (including phenoxy) is 1. The summed E-state index contributed by atoms with van der Waals surface area (Å²) < 4.78 is 5.97. The largest absolute Gasteiger partial charge is 0.377 e. The van der Waals surface area contributed by atoms with Crippen molar-refractivity contribution < 1.29 is 4.74 Å². The van der Waals surface area contributed by atoms with Gasteiger partial charge in [0.2, 0.25) is 0 Å². The molecule has 2 rings (SSSR count). The van der Waals surface area contributed by atoms with E-state index in [1.54, 1.807) is 0 Å². The van der Waals surface area contributed by atoms with Gasteiger partial charge in [-0.3, -0.25) is 4.98 Å². The second-order valence-corrected chi connectivity index (χ2v) is 5.54. The summed E-state index contributed by atoms with van der Waals surface area (Å²) in [6.45, 7) is 2.82. The maximum absolute atomic E-state index is 6.42. The van der Waals surface area contributed by atoms with Crippen LogP contribution in [0.25, 0.3) is 0 Å². The molecule has 1 aromatic rings. The molecule has 2 N–H and O–H groups in total. The molecular weight excluding hydrogens is 236 g/mol. The number of rotatable bonds is 6. The van der Waals surface area contributed by atoms with E-state index >= 15 is 0 Å². The lowest BCUT2D eigenvalue weighted by atomic mass is 9.81. The summed E-state index contributed by atoms with van der Waals surface area (Å²) in [4.78, 5) is 4.05. The molecule has 0 aliphatic heterocycles. The molecule has 2 unspecified atom stereocenters. The lowest BCUT2D eigenvalue weighted by Gasteiger charge is -2.34. The molecule has 1 aliphatic carbocycles. The third-order valence-corrected chi connectivity index (χ3v) is 4.12. The van der Waals surface area contributed by atoms with Crippen LogP contribution < -0.4 is 5.73 Å². The third kappa shape index (κ3) is 4.29. The van der Waals surface area contributed by atoms with Crippen molar-refractivity contribution in [1.82, 2.24) is 4.98 Å². The Labute approximate surface area is 116 Å². The van der Waals surface area contributed by atoms with E-state index in [2.05, 4.69) is 11.9 Å². The Kier molecular flexibility index (Phi) is 5.80. The first-order valence-corrected chi connectivity index (χ1v) is 7.57. The Balaban J connectivity index is 1.97. The number of hydrogen-bond donors (Lipinski definition) is 1. The van der Waals surface area contributed by atoms with Crippen molar-refractivity contribution in [3.63, 3.8) is 0 Å². The van der Waals surface area contributed by atoms with Crippen molar-refractivity contribution in [1.29, 1.82) is 0 Å². The summed E-state index contributed by atoms with van der Waals surface area (Å²) in [7, 11) is 0. The molecule has 1 heterocycles. The molecule has 0 saturated heterocycles. The fraction of sp³-hybridized carbons (Fsp3) is 0.688. The lowest BCUT2D eigenvalue weighted by molar-refractivity contribution is -0.00912. The summed E-state index contributed by atoms with van der Waals surface area (Å²) in [6.07, 6.45) is 11.3. The Bertz CT molecular complexity index is 349. The summed E-state index contributed by atoms with van der Waals surface area (Å²) in [5.74, 6) is 0.644. The summed E-state index contributed by atoms with van der Waals surface area (Å²) in [5.41, 5.74) is 7.67. The normalized spacial score (nSPS) is 20.1. The van der Waals surface area contributed by atoms with Gasteiger partial charge in [-0.25, -0.2) is 0 Å². The first-order valence-electron chi connectivity index (χ1n) is 7.57. The van der Waals surface area contributed by atoms with Gasteiger partial charge in [0.15, 0.2) is 0 Å². The SMILES string of the molecule is CCOC(C(N)Cc1ccncc1)C1CCCCC1. The minimum Gasteiger partial charge on any atom is -0.377 e. The van der Waals surface area contributed by atoms with Crippen LogP contribution in [0.4, 0.5) is 0 Å². The van der Waals surface area contributed by atoms with Crippen molar-refractivity contribution in [3.05, 3.63) is 30.1 Å². The fourth-order valence-corrected chi connectivity index (χ4v) is 3.17. The van der Waals surface area contributed by atoms with E-state index in [-0.39, 0.29) is 12.1 Å². The first kappa shape index (κ1) is 14.5. The minimum atomic E-state index is 0.0884. The highest BCUT2D eigenvalue weighted by molar-refractivity contribution is 5.12. The highest BCUT2D eigenvalue weighted by atomic mass is 16.5. The minimum absolute atomic E-state index is 0.0884. The van der Waals surface area contributed by atoms with Crippen LogP contribution in [0.2, 0.25) is 0 Å². The van der Waals surface area contributed by atoms with E-state index in [4.69, 9.17) is 10.5 Å². The predicted molar refractivity (Wildman–Crippen MR) is 77.9 cm³/mol. The molecule has 2 atom stereocenters. The van der Waals surface area contributed by atoms with E-state index in [1.807, 2.05) is 24.5 Å². The van der Waals surface area contributed by atoms with E-state index in [9.17, 15) is 0 Å². The van der Waals surface area contributed by atoms with Crippen LogP contribution in [0.15, 0.2) is 24.5 Å². The van der Waals surface area contributed by atoms with Gasteiger partial charge in [0.25, 0.3) is 0 Å². The number of nitrogens with zero attached hydrogens (tertiary/aromatic N) is 1. The average molecular weight is 262 g/mol. The third-order valence-electron chi connectivity index (χ3n) is 4.12. The molecule has 0 aromatic carbocycles. The van der Waals surface area contributed by atoms with Crippen molar-refractivity contribution in [2.45, 2.75) is 57.6 Å². The summed E-state index contributed by atoms with van der Waals surface area (Å²) in [6, 6.07) is 4.18. The van der Waals surface area contributed by atoms with Gasteiger partial charge in [0, 0.05) is 25.0 Å². The number of nitrogens with two attached hydrogens (primary N) is 1. The number of pyridine rings is 1. The highest BCUT2D eigenvalue weighted by Gasteiger charge is 2.29. The molecule has 0 radical (unpaired) electrons. The predicted octanol–water partition coefficient (Wildman–Crippen LogP) is 2.94. The van der Waals surface area contributed by atoms with Crippen LogP contribution in [0.5, 0.6) is 0 Å². The van der Waals surface area contributed by atoms with Gasteiger partial charge in [0.1, 0.15) is 0 Å². The molecule has 1 fully saturated rings. The van der Waals surface area contributed by atoms with Gasteiger partial charge in [-0.1, -0.05) is 19.3 Å². The van der Waals surface area contributed by atoms with Gasteiger partial charge < -0.3 is 10.5 Å². The monoisotopic (exact) mass is 262 g/mol. The molecule has 3 nitrogen and oxygen atoms in total. The topological polar surface area (TPSA) is 48.1 Å². The molecule has 19 heavy (non-hydrogen) atoms. The molecule has 1 aliphatic rings. The molecule has 1 aromatic heterocycles. The van der Waals surface area contributed by atoms with Crippen LogP contribution in [-0.2, 0) is 11.2 Å². The smallest absolute Gasteiger partial charge is 0.0757 e. The Morgan fingerprint density at radius 3 is 2.58 bits per heavy atom. The van der Waals surface area contributed by atoms with Gasteiger partial charge in [-0.2, -0.15) is 0 Å². The molecule has 1 saturated carbocycles. The van der Waals surface area contributed by atoms with Gasteiger partial charge in [-0.05, 0) is 49.8 Å². The van der Waals surface area contributed by atoms with Crippen molar-refractivity contribution >= 4 is 0 Å². The number of hydrogen-bond acceptors (Lipinski definition) is 3. The van der Waals surface area contributed by atoms with Crippen LogP contribution in [-0.4, -0.2) is 23.7 Å². The summed E-state index contributed by atoms with van der Waals surface area (Å²) in [5, 5.41) is 0. The number of aromatic nitrogens is 1. The maximum Gasteiger partial charge on any atom is 0.0757 e. The van der Waals surface area contributed by atoms with E-state index < -0.39 is 0 Å². The van der Waals surface area contributed by atoms with Crippen molar-refractivity contribution in [2.75, 3.05) is 6.61 Å². The Hall–Kier alpha value is -0.930. The highest BCUT2D eigenvalue weighted by Crippen LogP contribution is 2.29. The fourth-order valence-electron chi connectivity index (χ4n) is 3.17. The van der Waals surface area contributed by atoms with Crippen LogP contribution in [0, 0.1) is 5.92 Å². The van der Waals surface area contributed by atoms with E-state index in [0.29, 0.717) is 5.92 Å². The Morgan fingerprint density at radius 1 is 1.26 bits per heavy atom. The molecule has 0 amide bonds. The second-order valence-electron chi connectivity index (χ2n) is 5.54. The maximum atomic E-state index is 6.42. The molecule has 3 heteroatoms. The summed E-state index contributed by atoms with van der Waals surface area (Å²) >= 11 is 0. The van der Waals surface area contributed by atoms with Crippen LogP contribution in [0.3, 0.4) is 0 Å². The zero-order chi connectivity index (χ0) is 13.5. The molecule has 106 valence electrons. The van der Waals surface area contributed by atoms with Gasteiger partial charge in [0.05, 0.1) is 6.10 Å². The van der Waals surface area contributed by atoms with E-state index in [0.717, 1.165) is 13.0 Å². The van der Waals surface area contributed by atoms with Crippen LogP contribution >= 0.6 is 0 Å². The zero-order valence-corrected chi connectivity index (χ0v) is 11.9. The van der Waals surface area contributed by atoms with Crippen LogP contribution in [0.1, 0.15) is 44.6 Å².